The van der Waals surface area contributed by atoms with Gasteiger partial charge in [0.25, 0.3) is 0 Å². The molecular formula is C16H27Cl2N3O. The van der Waals surface area contributed by atoms with Crippen molar-refractivity contribution >= 4 is 30.7 Å². The number of halogens is 2. The Balaban J connectivity index is 0.00000220. The second-order valence-electron chi connectivity index (χ2n) is 5.54. The number of carbonyl (C=O) groups is 1. The first-order valence-corrected chi connectivity index (χ1v) is 7.42. The zero-order valence-electron chi connectivity index (χ0n) is 13.3. The third-order valence-electron chi connectivity index (χ3n) is 3.89. The average Bonchev–Trinajstić information content (AvgIpc) is 2.47. The van der Waals surface area contributed by atoms with Gasteiger partial charge in [0.05, 0.1) is 0 Å². The maximum absolute atomic E-state index is 11.8. The van der Waals surface area contributed by atoms with E-state index in [0.29, 0.717) is 0 Å². The second-order valence-corrected chi connectivity index (χ2v) is 5.54. The third-order valence-corrected chi connectivity index (χ3v) is 3.89. The zero-order chi connectivity index (χ0) is 14.4. The second kappa shape index (κ2) is 10.8. The fourth-order valence-electron chi connectivity index (χ4n) is 2.66. The van der Waals surface area contributed by atoms with Crippen LogP contribution in [0.25, 0.3) is 0 Å². The first-order chi connectivity index (χ1) is 9.70. The first-order valence-electron chi connectivity index (χ1n) is 7.42. The molecule has 1 atom stereocenters. The largest absolute Gasteiger partial charge is 0.355 e. The van der Waals surface area contributed by atoms with Gasteiger partial charge >= 0.3 is 0 Å². The molecule has 0 aliphatic carbocycles. The summed E-state index contributed by atoms with van der Waals surface area (Å²) in [5.41, 5.74) is 2.89. The van der Waals surface area contributed by atoms with Gasteiger partial charge in [-0.2, -0.15) is 0 Å². The summed E-state index contributed by atoms with van der Waals surface area (Å²) in [7, 11) is 1.87. The summed E-state index contributed by atoms with van der Waals surface area (Å²) in [6.07, 6.45) is 1.11. The van der Waals surface area contributed by atoms with Crippen LogP contribution in [0.4, 0.5) is 0 Å². The number of nitrogens with zero attached hydrogens (tertiary/aromatic N) is 1. The van der Waals surface area contributed by atoms with E-state index in [9.17, 15) is 4.79 Å². The van der Waals surface area contributed by atoms with E-state index >= 15 is 0 Å². The molecule has 2 rings (SSSR count). The molecule has 0 saturated heterocycles. The summed E-state index contributed by atoms with van der Waals surface area (Å²) in [4.78, 5) is 14.2. The lowest BCUT2D eigenvalue weighted by Crippen LogP contribution is -2.40. The number of hydrogen-bond donors (Lipinski definition) is 2. The molecular weight excluding hydrogens is 321 g/mol. The van der Waals surface area contributed by atoms with Crippen LogP contribution < -0.4 is 10.6 Å². The van der Waals surface area contributed by atoms with E-state index in [-0.39, 0.29) is 36.6 Å². The van der Waals surface area contributed by atoms with Crippen molar-refractivity contribution in [2.24, 2.45) is 5.92 Å². The molecule has 6 heteroatoms. The molecule has 0 fully saturated rings. The zero-order valence-corrected chi connectivity index (χ0v) is 14.9. The Bertz CT molecular complexity index is 457. The highest BCUT2D eigenvalue weighted by Crippen LogP contribution is 2.17. The third kappa shape index (κ3) is 6.13. The maximum atomic E-state index is 11.8. The molecule has 1 aliphatic heterocycles. The quantitative estimate of drug-likeness (QED) is 0.825. The highest BCUT2D eigenvalue weighted by atomic mass is 35.5. The Morgan fingerprint density at radius 2 is 1.95 bits per heavy atom. The maximum Gasteiger partial charge on any atom is 0.224 e. The van der Waals surface area contributed by atoms with Crippen molar-refractivity contribution in [3.05, 3.63) is 35.4 Å². The number of hydrogen-bond acceptors (Lipinski definition) is 3. The van der Waals surface area contributed by atoms with E-state index in [0.717, 1.165) is 39.1 Å². The number of nitrogens with one attached hydrogen (secondary N) is 2. The molecule has 0 bridgehead atoms. The molecule has 1 aromatic carbocycles. The van der Waals surface area contributed by atoms with Gasteiger partial charge in [0.1, 0.15) is 0 Å². The minimum absolute atomic E-state index is 0. The normalized spacial score (nSPS) is 15.0. The standard InChI is InChI=1S/C16H25N3O.2ClH/c1-13(11-17-2)16(20)18-8-10-19-9-7-14-5-3-4-6-15(14)12-19;;/h3-6,13,17H,7-12H2,1-2H3,(H,18,20);2*1H. The summed E-state index contributed by atoms with van der Waals surface area (Å²) in [6.45, 7) is 6.41. The lowest BCUT2D eigenvalue weighted by atomic mass is 10.00. The van der Waals surface area contributed by atoms with Crippen LogP contribution in [0, 0.1) is 5.92 Å². The molecule has 1 aromatic rings. The van der Waals surface area contributed by atoms with Gasteiger partial charge in [-0.3, -0.25) is 9.69 Å². The monoisotopic (exact) mass is 347 g/mol. The van der Waals surface area contributed by atoms with Crippen LogP contribution in [0.15, 0.2) is 24.3 Å². The Morgan fingerprint density at radius 3 is 2.64 bits per heavy atom. The molecule has 0 aromatic heterocycles. The van der Waals surface area contributed by atoms with E-state index in [1.165, 1.54) is 11.1 Å². The van der Waals surface area contributed by atoms with Gasteiger partial charge < -0.3 is 10.6 Å². The highest BCUT2D eigenvalue weighted by molar-refractivity contribution is 5.85. The summed E-state index contributed by atoms with van der Waals surface area (Å²) in [6, 6.07) is 8.63. The summed E-state index contributed by atoms with van der Waals surface area (Å²) < 4.78 is 0. The van der Waals surface area contributed by atoms with Crippen molar-refractivity contribution in [1.82, 2.24) is 15.5 Å². The Hall–Kier alpha value is -0.810. The predicted octanol–water partition coefficient (Wildman–Crippen LogP) is 1.86. The first kappa shape index (κ1) is 21.2. The molecule has 4 nitrogen and oxygen atoms in total. The topological polar surface area (TPSA) is 44.4 Å². The van der Waals surface area contributed by atoms with Crippen LogP contribution in [0.2, 0.25) is 0 Å². The molecule has 1 aliphatic rings. The van der Waals surface area contributed by atoms with E-state index in [1.54, 1.807) is 0 Å². The van der Waals surface area contributed by atoms with Crippen molar-refractivity contribution in [3.63, 3.8) is 0 Å². The molecule has 1 unspecified atom stereocenters. The average molecular weight is 348 g/mol. The van der Waals surface area contributed by atoms with Gasteiger partial charge in [0.15, 0.2) is 0 Å². The Labute approximate surface area is 145 Å². The number of fused-ring (bicyclic) bond motifs is 1. The van der Waals surface area contributed by atoms with Crippen molar-refractivity contribution in [2.45, 2.75) is 19.9 Å². The van der Waals surface area contributed by atoms with Crippen molar-refractivity contribution in [3.8, 4) is 0 Å². The summed E-state index contributed by atoms with van der Waals surface area (Å²) in [5, 5.41) is 6.05. The fraction of sp³-hybridized carbons (Fsp3) is 0.562. The SMILES string of the molecule is CNCC(C)C(=O)NCCN1CCc2ccccc2C1.Cl.Cl. The van der Waals surface area contributed by atoms with Crippen LogP contribution in [0.5, 0.6) is 0 Å². The van der Waals surface area contributed by atoms with Crippen LogP contribution in [-0.2, 0) is 17.8 Å². The van der Waals surface area contributed by atoms with Gasteiger partial charge in [-0.15, -0.1) is 24.8 Å². The van der Waals surface area contributed by atoms with Crippen molar-refractivity contribution in [1.29, 1.82) is 0 Å². The number of amides is 1. The lowest BCUT2D eigenvalue weighted by molar-refractivity contribution is -0.124. The van der Waals surface area contributed by atoms with Gasteiger partial charge in [-0.25, -0.2) is 0 Å². The highest BCUT2D eigenvalue weighted by Gasteiger charge is 2.16. The van der Waals surface area contributed by atoms with Crippen LogP contribution >= 0.6 is 24.8 Å². The molecule has 22 heavy (non-hydrogen) atoms. The molecule has 1 heterocycles. The Morgan fingerprint density at radius 1 is 1.27 bits per heavy atom. The molecule has 2 N–H and O–H groups in total. The molecule has 1 amide bonds. The van der Waals surface area contributed by atoms with Crippen molar-refractivity contribution < 1.29 is 4.79 Å². The van der Waals surface area contributed by atoms with Crippen LogP contribution in [0.1, 0.15) is 18.1 Å². The van der Waals surface area contributed by atoms with E-state index in [2.05, 4.69) is 39.8 Å². The summed E-state index contributed by atoms with van der Waals surface area (Å²) in [5.74, 6) is 0.166. The van der Waals surface area contributed by atoms with Crippen molar-refractivity contribution in [2.75, 3.05) is 33.2 Å². The van der Waals surface area contributed by atoms with Gasteiger partial charge in [-0.1, -0.05) is 31.2 Å². The van der Waals surface area contributed by atoms with E-state index in [4.69, 9.17) is 0 Å². The minimum Gasteiger partial charge on any atom is -0.355 e. The number of rotatable bonds is 6. The predicted molar refractivity (Wildman–Crippen MR) is 96.0 cm³/mol. The molecule has 0 saturated carbocycles. The molecule has 0 spiro atoms. The van der Waals surface area contributed by atoms with Gasteiger partial charge in [-0.05, 0) is 24.6 Å². The van der Waals surface area contributed by atoms with Crippen LogP contribution in [0.3, 0.4) is 0 Å². The minimum atomic E-state index is 0. The number of benzene rings is 1. The fourth-order valence-corrected chi connectivity index (χ4v) is 2.66. The van der Waals surface area contributed by atoms with E-state index in [1.807, 2.05) is 14.0 Å². The smallest absolute Gasteiger partial charge is 0.224 e. The van der Waals surface area contributed by atoms with Gasteiger partial charge in [0.2, 0.25) is 5.91 Å². The summed E-state index contributed by atoms with van der Waals surface area (Å²) >= 11 is 0. The van der Waals surface area contributed by atoms with Crippen LogP contribution in [-0.4, -0.2) is 44.0 Å². The van der Waals surface area contributed by atoms with E-state index < -0.39 is 0 Å². The number of carbonyl (C=O) groups excluding carboxylic acids is 1. The Kier molecular flexibility index (Phi) is 10.4. The lowest BCUT2D eigenvalue weighted by Gasteiger charge is -2.28. The van der Waals surface area contributed by atoms with Gasteiger partial charge in [0, 0.05) is 38.6 Å². The molecule has 126 valence electrons. The molecule has 0 radical (unpaired) electrons.